The number of benzene rings is 1. The largest absolute Gasteiger partial charge is 0.505 e. The molecule has 0 saturated heterocycles. The van der Waals surface area contributed by atoms with Crippen molar-refractivity contribution >= 4 is 11.6 Å². The van der Waals surface area contributed by atoms with Crippen LogP contribution in [0.5, 0.6) is 5.75 Å². The van der Waals surface area contributed by atoms with Gasteiger partial charge in [-0.1, -0.05) is 13.8 Å². The molecule has 0 fully saturated rings. The summed E-state index contributed by atoms with van der Waals surface area (Å²) in [5.74, 6) is -1.32. The lowest BCUT2D eigenvalue weighted by atomic mass is 10.2. The van der Waals surface area contributed by atoms with Gasteiger partial charge in [-0.25, -0.2) is 4.39 Å². The van der Waals surface area contributed by atoms with Crippen molar-refractivity contribution in [3.8, 4) is 5.75 Å². The van der Waals surface area contributed by atoms with E-state index in [-0.39, 0.29) is 5.91 Å². The third-order valence-electron chi connectivity index (χ3n) is 2.36. The van der Waals surface area contributed by atoms with Crippen LogP contribution in [0.25, 0.3) is 0 Å². The summed E-state index contributed by atoms with van der Waals surface area (Å²) in [5.41, 5.74) is 0.354. The van der Waals surface area contributed by atoms with Gasteiger partial charge < -0.3 is 15.7 Å². The molecule has 100 valence electrons. The highest BCUT2D eigenvalue weighted by Crippen LogP contribution is 2.19. The summed E-state index contributed by atoms with van der Waals surface area (Å²) in [7, 11) is 0. The van der Waals surface area contributed by atoms with Gasteiger partial charge in [0.25, 0.3) is 0 Å². The van der Waals surface area contributed by atoms with Gasteiger partial charge in [-0.2, -0.15) is 0 Å². The van der Waals surface area contributed by atoms with Crippen molar-refractivity contribution in [2.45, 2.75) is 32.7 Å². The molecule has 0 atom stereocenters. The maximum absolute atomic E-state index is 13.0. The van der Waals surface area contributed by atoms with Gasteiger partial charge in [-0.05, 0) is 25.1 Å². The number of halogens is 1. The van der Waals surface area contributed by atoms with E-state index in [4.69, 9.17) is 5.11 Å². The third-order valence-corrected chi connectivity index (χ3v) is 2.36. The zero-order valence-corrected chi connectivity index (χ0v) is 10.7. The van der Waals surface area contributed by atoms with E-state index in [1.165, 1.54) is 12.1 Å². The van der Waals surface area contributed by atoms with Crippen molar-refractivity contribution in [2.24, 2.45) is 0 Å². The average Bonchev–Trinajstić information content (AvgIpc) is 2.29. The van der Waals surface area contributed by atoms with Crippen LogP contribution in [0.2, 0.25) is 0 Å². The van der Waals surface area contributed by atoms with E-state index in [1.807, 2.05) is 13.8 Å². The van der Waals surface area contributed by atoms with E-state index in [1.54, 1.807) is 0 Å². The molecule has 0 aliphatic rings. The summed E-state index contributed by atoms with van der Waals surface area (Å²) in [6, 6.07) is 4.17. The SMILES string of the molecule is CC(C)NCCCC(=O)Nc1ccc(O)c(F)c1. The Hall–Kier alpha value is -1.62. The van der Waals surface area contributed by atoms with Gasteiger partial charge in [0.1, 0.15) is 0 Å². The number of aromatic hydroxyl groups is 1. The third kappa shape index (κ3) is 5.14. The molecule has 1 aromatic rings. The van der Waals surface area contributed by atoms with E-state index in [2.05, 4.69) is 10.6 Å². The van der Waals surface area contributed by atoms with Crippen LogP contribution in [0.3, 0.4) is 0 Å². The van der Waals surface area contributed by atoms with E-state index in [0.29, 0.717) is 18.2 Å². The van der Waals surface area contributed by atoms with Crippen LogP contribution < -0.4 is 10.6 Å². The highest BCUT2D eigenvalue weighted by Gasteiger charge is 2.05. The van der Waals surface area contributed by atoms with Crippen molar-refractivity contribution in [3.05, 3.63) is 24.0 Å². The molecular weight excluding hydrogens is 235 g/mol. The molecule has 1 rings (SSSR count). The summed E-state index contributed by atoms with van der Waals surface area (Å²) in [5, 5.41) is 14.8. The molecule has 0 aliphatic carbocycles. The van der Waals surface area contributed by atoms with Gasteiger partial charge in [0.15, 0.2) is 11.6 Å². The monoisotopic (exact) mass is 254 g/mol. The molecule has 0 saturated carbocycles. The first-order valence-corrected chi connectivity index (χ1v) is 6.01. The number of carbonyl (C=O) groups excluding carboxylic acids is 1. The van der Waals surface area contributed by atoms with Crippen molar-refractivity contribution in [1.82, 2.24) is 5.32 Å². The topological polar surface area (TPSA) is 61.4 Å². The van der Waals surface area contributed by atoms with Crippen LogP contribution >= 0.6 is 0 Å². The predicted molar refractivity (Wildman–Crippen MR) is 69.1 cm³/mol. The number of anilines is 1. The van der Waals surface area contributed by atoms with Crippen molar-refractivity contribution in [3.63, 3.8) is 0 Å². The molecule has 0 aromatic heterocycles. The van der Waals surface area contributed by atoms with E-state index in [9.17, 15) is 9.18 Å². The fourth-order valence-corrected chi connectivity index (χ4v) is 1.45. The van der Waals surface area contributed by atoms with E-state index < -0.39 is 11.6 Å². The van der Waals surface area contributed by atoms with Crippen LogP contribution in [0.4, 0.5) is 10.1 Å². The maximum Gasteiger partial charge on any atom is 0.224 e. The standard InChI is InChI=1S/C13H19FN2O2/c1-9(2)15-7-3-4-13(18)16-10-5-6-12(17)11(14)8-10/h5-6,8-9,15,17H,3-4,7H2,1-2H3,(H,16,18). The summed E-state index contributed by atoms with van der Waals surface area (Å²) >= 11 is 0. The Morgan fingerprint density at radius 2 is 2.17 bits per heavy atom. The maximum atomic E-state index is 13.0. The van der Waals surface area contributed by atoms with Crippen LogP contribution in [0.1, 0.15) is 26.7 Å². The summed E-state index contributed by atoms with van der Waals surface area (Å²) in [6.07, 6.45) is 1.10. The molecule has 0 radical (unpaired) electrons. The first kappa shape index (κ1) is 14.4. The lowest BCUT2D eigenvalue weighted by Gasteiger charge is -2.08. The Labute approximate surface area is 106 Å². The van der Waals surface area contributed by atoms with E-state index >= 15 is 0 Å². The second kappa shape index (κ2) is 6.96. The predicted octanol–water partition coefficient (Wildman–Crippen LogP) is 2.25. The fraction of sp³-hybridized carbons (Fsp3) is 0.462. The average molecular weight is 254 g/mol. The quantitative estimate of drug-likeness (QED) is 0.539. The molecule has 3 N–H and O–H groups in total. The normalized spacial score (nSPS) is 10.7. The molecule has 18 heavy (non-hydrogen) atoms. The molecule has 5 heteroatoms. The number of phenols is 1. The van der Waals surface area contributed by atoms with Crippen LogP contribution in [-0.4, -0.2) is 23.6 Å². The highest BCUT2D eigenvalue weighted by molar-refractivity contribution is 5.90. The summed E-state index contributed by atoms with van der Waals surface area (Å²) in [4.78, 5) is 11.5. The number of carbonyl (C=O) groups is 1. The lowest BCUT2D eigenvalue weighted by Crippen LogP contribution is -2.24. The zero-order chi connectivity index (χ0) is 13.5. The van der Waals surface area contributed by atoms with Crippen molar-refractivity contribution in [1.29, 1.82) is 0 Å². The Morgan fingerprint density at radius 1 is 1.44 bits per heavy atom. The smallest absolute Gasteiger partial charge is 0.224 e. The first-order valence-electron chi connectivity index (χ1n) is 6.01. The molecule has 0 heterocycles. The minimum Gasteiger partial charge on any atom is -0.505 e. The second-order valence-electron chi connectivity index (χ2n) is 4.43. The van der Waals surface area contributed by atoms with Gasteiger partial charge >= 0.3 is 0 Å². The van der Waals surface area contributed by atoms with Gasteiger partial charge in [0, 0.05) is 24.2 Å². The Bertz CT molecular complexity index is 408. The minimum absolute atomic E-state index is 0.161. The number of phenolic OH excluding ortho intramolecular Hbond substituents is 1. The zero-order valence-electron chi connectivity index (χ0n) is 10.7. The number of hydrogen-bond acceptors (Lipinski definition) is 3. The lowest BCUT2D eigenvalue weighted by molar-refractivity contribution is -0.116. The molecule has 1 aromatic carbocycles. The van der Waals surface area contributed by atoms with Gasteiger partial charge in [0.2, 0.25) is 5.91 Å². The molecule has 0 unspecified atom stereocenters. The number of nitrogens with one attached hydrogen (secondary N) is 2. The molecule has 0 bridgehead atoms. The summed E-state index contributed by atoms with van der Waals surface area (Å²) in [6.45, 7) is 4.85. The van der Waals surface area contributed by atoms with Crippen LogP contribution in [0.15, 0.2) is 18.2 Å². The Morgan fingerprint density at radius 3 is 2.78 bits per heavy atom. The fourth-order valence-electron chi connectivity index (χ4n) is 1.45. The molecule has 0 aliphatic heterocycles. The van der Waals surface area contributed by atoms with Crippen molar-refractivity contribution in [2.75, 3.05) is 11.9 Å². The van der Waals surface area contributed by atoms with Gasteiger partial charge in [0.05, 0.1) is 0 Å². The molecule has 0 spiro atoms. The van der Waals surface area contributed by atoms with Crippen LogP contribution in [-0.2, 0) is 4.79 Å². The van der Waals surface area contributed by atoms with Gasteiger partial charge in [-0.15, -0.1) is 0 Å². The van der Waals surface area contributed by atoms with Crippen molar-refractivity contribution < 1.29 is 14.3 Å². The van der Waals surface area contributed by atoms with Crippen LogP contribution in [0, 0.1) is 5.82 Å². The second-order valence-corrected chi connectivity index (χ2v) is 4.43. The number of rotatable bonds is 6. The molecule has 1 amide bonds. The number of amides is 1. The Kier molecular flexibility index (Phi) is 5.58. The summed E-state index contributed by atoms with van der Waals surface area (Å²) < 4.78 is 13.0. The minimum atomic E-state index is -0.741. The molecule has 4 nitrogen and oxygen atoms in total. The Balaban J connectivity index is 2.33. The molecular formula is C13H19FN2O2. The van der Waals surface area contributed by atoms with E-state index in [0.717, 1.165) is 19.0 Å². The number of hydrogen-bond donors (Lipinski definition) is 3. The first-order chi connectivity index (χ1) is 8.49. The van der Waals surface area contributed by atoms with Gasteiger partial charge in [-0.3, -0.25) is 4.79 Å². The highest BCUT2D eigenvalue weighted by atomic mass is 19.1.